The average Bonchev–Trinajstić information content (AvgIpc) is 2.57. The van der Waals surface area contributed by atoms with E-state index in [-0.39, 0.29) is 5.75 Å². The highest BCUT2D eigenvalue weighted by atomic mass is 35.5. The Morgan fingerprint density at radius 1 is 1.20 bits per heavy atom. The summed E-state index contributed by atoms with van der Waals surface area (Å²) in [5.41, 5.74) is 0.296. The Labute approximate surface area is 153 Å². The minimum absolute atomic E-state index is 0.0812. The fourth-order valence-electron chi connectivity index (χ4n) is 1.81. The fraction of sp³-hybridized carbons (Fsp3) is 0.176. The van der Waals surface area contributed by atoms with Gasteiger partial charge < -0.3 is 14.8 Å². The minimum Gasteiger partial charge on any atom is -0.479 e. The first-order valence-electron chi connectivity index (χ1n) is 7.19. The molecule has 0 bridgehead atoms. The van der Waals surface area contributed by atoms with Gasteiger partial charge in [-0.15, -0.1) is 0 Å². The van der Waals surface area contributed by atoms with E-state index in [1.54, 1.807) is 12.1 Å². The Balaban J connectivity index is 1.87. The van der Waals surface area contributed by atoms with E-state index in [0.717, 1.165) is 0 Å². The van der Waals surface area contributed by atoms with Gasteiger partial charge in [0.1, 0.15) is 0 Å². The van der Waals surface area contributed by atoms with Gasteiger partial charge in [-0.2, -0.15) is 0 Å². The molecule has 0 fully saturated rings. The molecule has 132 valence electrons. The number of anilines is 1. The van der Waals surface area contributed by atoms with Crippen LogP contribution in [0.2, 0.25) is 10.0 Å². The van der Waals surface area contributed by atoms with Gasteiger partial charge in [-0.1, -0.05) is 35.3 Å². The third-order valence-corrected chi connectivity index (χ3v) is 3.61. The molecule has 0 heterocycles. The van der Waals surface area contributed by atoms with Crippen LogP contribution in [0, 0.1) is 5.82 Å². The molecule has 0 aliphatic carbocycles. The highest BCUT2D eigenvalue weighted by Gasteiger charge is 2.19. The SMILES string of the molecule is C[C@H](OC(=O)COc1ccccc1F)C(=O)Nc1cc(Cl)ccc1Cl. The Kier molecular flexibility index (Phi) is 6.61. The number of nitrogens with one attached hydrogen (secondary N) is 1. The Morgan fingerprint density at radius 3 is 2.64 bits per heavy atom. The van der Waals surface area contributed by atoms with Crippen LogP contribution in [-0.4, -0.2) is 24.6 Å². The Bertz CT molecular complexity index is 785. The van der Waals surface area contributed by atoms with Crippen molar-refractivity contribution in [2.75, 3.05) is 11.9 Å². The number of rotatable bonds is 6. The summed E-state index contributed by atoms with van der Waals surface area (Å²) in [4.78, 5) is 23.8. The third kappa shape index (κ3) is 5.62. The van der Waals surface area contributed by atoms with Crippen molar-refractivity contribution in [1.82, 2.24) is 0 Å². The van der Waals surface area contributed by atoms with Crippen molar-refractivity contribution in [1.29, 1.82) is 0 Å². The highest BCUT2D eigenvalue weighted by Crippen LogP contribution is 2.25. The van der Waals surface area contributed by atoms with Crippen molar-refractivity contribution < 1.29 is 23.5 Å². The molecule has 0 aliphatic rings. The van der Waals surface area contributed by atoms with Gasteiger partial charge in [0.2, 0.25) is 0 Å². The first kappa shape index (κ1) is 19.0. The van der Waals surface area contributed by atoms with Crippen LogP contribution in [0.4, 0.5) is 10.1 Å². The molecule has 2 rings (SSSR count). The average molecular weight is 386 g/mol. The molecule has 0 unspecified atom stereocenters. The van der Waals surface area contributed by atoms with Gasteiger partial charge in [0.25, 0.3) is 5.91 Å². The van der Waals surface area contributed by atoms with Crippen LogP contribution in [0.5, 0.6) is 5.75 Å². The predicted molar refractivity (Wildman–Crippen MR) is 92.5 cm³/mol. The second-order valence-corrected chi connectivity index (χ2v) is 5.81. The van der Waals surface area contributed by atoms with Gasteiger partial charge in [-0.05, 0) is 37.3 Å². The van der Waals surface area contributed by atoms with Gasteiger partial charge in [-0.25, -0.2) is 9.18 Å². The summed E-state index contributed by atoms with van der Waals surface area (Å²) >= 11 is 11.8. The van der Waals surface area contributed by atoms with Crippen LogP contribution in [0.1, 0.15) is 6.92 Å². The molecular weight excluding hydrogens is 372 g/mol. The maximum atomic E-state index is 13.4. The lowest BCUT2D eigenvalue weighted by Crippen LogP contribution is -2.31. The number of esters is 1. The van der Waals surface area contributed by atoms with Gasteiger partial charge in [-0.3, -0.25) is 4.79 Å². The molecule has 1 amide bonds. The van der Waals surface area contributed by atoms with E-state index in [1.807, 2.05) is 0 Å². The maximum absolute atomic E-state index is 13.4. The number of carbonyl (C=O) groups excluding carboxylic acids is 2. The van der Waals surface area contributed by atoms with Crippen LogP contribution >= 0.6 is 23.2 Å². The molecule has 5 nitrogen and oxygen atoms in total. The quantitative estimate of drug-likeness (QED) is 0.760. The predicted octanol–water partition coefficient (Wildman–Crippen LogP) is 4.08. The number of hydrogen-bond acceptors (Lipinski definition) is 4. The Morgan fingerprint density at radius 2 is 1.92 bits per heavy atom. The normalized spacial score (nSPS) is 11.5. The van der Waals surface area contributed by atoms with Gasteiger partial charge in [0, 0.05) is 5.02 Å². The van der Waals surface area contributed by atoms with Crippen molar-refractivity contribution in [3.63, 3.8) is 0 Å². The van der Waals surface area contributed by atoms with Crippen molar-refractivity contribution in [3.05, 3.63) is 58.3 Å². The maximum Gasteiger partial charge on any atom is 0.344 e. The molecule has 1 atom stereocenters. The van der Waals surface area contributed by atoms with Crippen molar-refractivity contribution in [3.8, 4) is 5.75 Å². The molecule has 0 saturated heterocycles. The first-order valence-corrected chi connectivity index (χ1v) is 7.95. The molecule has 8 heteroatoms. The Hall–Kier alpha value is -2.31. The van der Waals surface area contributed by atoms with E-state index in [4.69, 9.17) is 32.7 Å². The van der Waals surface area contributed by atoms with Crippen molar-refractivity contribution in [2.24, 2.45) is 0 Å². The number of amides is 1. The topological polar surface area (TPSA) is 64.6 Å². The number of ether oxygens (including phenoxy) is 2. The zero-order valence-corrected chi connectivity index (χ0v) is 14.6. The molecule has 0 aromatic heterocycles. The third-order valence-electron chi connectivity index (χ3n) is 3.05. The zero-order valence-electron chi connectivity index (χ0n) is 13.1. The second kappa shape index (κ2) is 8.69. The van der Waals surface area contributed by atoms with E-state index in [0.29, 0.717) is 15.7 Å². The smallest absolute Gasteiger partial charge is 0.344 e. The van der Waals surface area contributed by atoms with E-state index in [2.05, 4.69) is 5.32 Å². The molecule has 25 heavy (non-hydrogen) atoms. The number of para-hydroxylation sites is 1. The lowest BCUT2D eigenvalue weighted by atomic mass is 10.3. The second-order valence-electron chi connectivity index (χ2n) is 4.96. The zero-order chi connectivity index (χ0) is 18.4. The van der Waals surface area contributed by atoms with E-state index in [1.165, 1.54) is 37.3 Å². The fourth-order valence-corrected chi connectivity index (χ4v) is 2.15. The highest BCUT2D eigenvalue weighted by molar-refractivity contribution is 6.35. The van der Waals surface area contributed by atoms with Gasteiger partial charge in [0.05, 0.1) is 10.7 Å². The van der Waals surface area contributed by atoms with E-state index >= 15 is 0 Å². The van der Waals surface area contributed by atoms with Crippen LogP contribution < -0.4 is 10.1 Å². The molecule has 2 aromatic rings. The summed E-state index contributed by atoms with van der Waals surface area (Å²) in [5.74, 6) is -2.09. The largest absolute Gasteiger partial charge is 0.479 e. The number of halogens is 3. The minimum atomic E-state index is -1.10. The number of hydrogen-bond donors (Lipinski definition) is 1. The van der Waals surface area contributed by atoms with Crippen LogP contribution in [-0.2, 0) is 14.3 Å². The monoisotopic (exact) mass is 385 g/mol. The molecule has 0 aliphatic heterocycles. The van der Waals surface area contributed by atoms with Crippen LogP contribution in [0.3, 0.4) is 0 Å². The van der Waals surface area contributed by atoms with E-state index in [9.17, 15) is 14.0 Å². The summed E-state index contributed by atoms with van der Waals surface area (Å²) in [6.07, 6.45) is -1.10. The van der Waals surface area contributed by atoms with Crippen LogP contribution in [0.25, 0.3) is 0 Å². The molecule has 0 saturated carbocycles. The van der Waals surface area contributed by atoms with Gasteiger partial charge >= 0.3 is 5.97 Å². The summed E-state index contributed by atoms with van der Waals surface area (Å²) in [6.45, 7) is 0.852. The van der Waals surface area contributed by atoms with Crippen molar-refractivity contribution in [2.45, 2.75) is 13.0 Å². The number of carbonyl (C=O) groups is 2. The summed E-state index contributed by atoms with van der Waals surface area (Å²) in [5, 5.41) is 3.19. The standard InChI is InChI=1S/C17H14Cl2FNO4/c1-10(17(23)21-14-8-11(18)6-7-12(14)19)25-16(22)9-24-15-5-3-2-4-13(15)20/h2-8,10H,9H2,1H3,(H,21,23)/t10-/m0/s1. The molecular formula is C17H14Cl2FNO4. The lowest BCUT2D eigenvalue weighted by molar-refractivity contribution is -0.155. The van der Waals surface area contributed by atoms with E-state index < -0.39 is 30.4 Å². The molecule has 0 spiro atoms. The lowest BCUT2D eigenvalue weighted by Gasteiger charge is -2.14. The van der Waals surface area contributed by atoms with Crippen molar-refractivity contribution >= 4 is 40.8 Å². The molecule has 2 aromatic carbocycles. The summed E-state index contributed by atoms with van der Waals surface area (Å²) in [6, 6.07) is 10.2. The molecule has 1 N–H and O–H groups in total. The van der Waals surface area contributed by atoms with Crippen LogP contribution in [0.15, 0.2) is 42.5 Å². The van der Waals surface area contributed by atoms with Gasteiger partial charge in [0.15, 0.2) is 24.3 Å². The summed E-state index contributed by atoms with van der Waals surface area (Å²) < 4.78 is 23.3. The number of benzene rings is 2. The summed E-state index contributed by atoms with van der Waals surface area (Å²) in [7, 11) is 0. The molecule has 0 radical (unpaired) electrons. The first-order chi connectivity index (χ1) is 11.9.